The van der Waals surface area contributed by atoms with Crippen molar-refractivity contribution in [3.63, 3.8) is 0 Å². The van der Waals surface area contributed by atoms with E-state index in [0.29, 0.717) is 23.6 Å². The van der Waals surface area contributed by atoms with Gasteiger partial charge in [0.2, 0.25) is 21.8 Å². The number of likely N-dealkylation sites (N-methyl/N-ethyl adjacent to an activating group) is 1. The molecule has 1 fully saturated rings. The van der Waals surface area contributed by atoms with Gasteiger partial charge in [-0.2, -0.15) is 4.31 Å². The Morgan fingerprint density at radius 1 is 1.09 bits per heavy atom. The maximum atomic E-state index is 13.0. The second kappa shape index (κ2) is 9.79. The standard InChI is InChI=1S/C23H30N4O4S/c1-16-5-6-20(18(3)13-16)32(30,31)27-11-8-19(9-12-27)23(29)26(4)15-22(28)25-21-14-17(2)7-10-24-21/h5-7,10,13-14,19H,8-9,11-12,15H2,1-4H3,(H,24,25,28). The summed E-state index contributed by atoms with van der Waals surface area (Å²) in [6, 6.07) is 8.88. The average molecular weight is 459 g/mol. The van der Waals surface area contributed by atoms with Crippen molar-refractivity contribution in [3.05, 3.63) is 53.2 Å². The lowest BCUT2D eigenvalue weighted by Gasteiger charge is -2.32. The predicted molar refractivity (Wildman–Crippen MR) is 123 cm³/mol. The summed E-state index contributed by atoms with van der Waals surface area (Å²) < 4.78 is 27.5. The van der Waals surface area contributed by atoms with E-state index >= 15 is 0 Å². The summed E-state index contributed by atoms with van der Waals surface area (Å²) in [4.78, 5) is 30.9. The first-order valence-corrected chi connectivity index (χ1v) is 12.1. The van der Waals surface area contributed by atoms with Crippen molar-refractivity contribution in [1.82, 2.24) is 14.2 Å². The quantitative estimate of drug-likeness (QED) is 0.717. The van der Waals surface area contributed by atoms with Crippen LogP contribution in [0.1, 0.15) is 29.5 Å². The third-order valence-corrected chi connectivity index (χ3v) is 7.75. The molecule has 32 heavy (non-hydrogen) atoms. The summed E-state index contributed by atoms with van der Waals surface area (Å²) in [5, 5.41) is 2.69. The van der Waals surface area contributed by atoms with Gasteiger partial charge in [-0.15, -0.1) is 0 Å². The molecule has 2 aromatic rings. The molecule has 9 heteroatoms. The monoisotopic (exact) mass is 458 g/mol. The number of sulfonamides is 1. The number of hydrogen-bond donors (Lipinski definition) is 1. The van der Waals surface area contributed by atoms with Crippen LogP contribution in [0.3, 0.4) is 0 Å². The van der Waals surface area contributed by atoms with Crippen LogP contribution in [0.4, 0.5) is 5.82 Å². The highest BCUT2D eigenvalue weighted by molar-refractivity contribution is 7.89. The Morgan fingerprint density at radius 2 is 1.75 bits per heavy atom. The zero-order valence-electron chi connectivity index (χ0n) is 19.0. The van der Waals surface area contributed by atoms with Gasteiger partial charge in [-0.3, -0.25) is 9.59 Å². The number of carbonyl (C=O) groups excluding carboxylic acids is 2. The van der Waals surface area contributed by atoms with Crippen LogP contribution in [-0.4, -0.2) is 61.1 Å². The van der Waals surface area contributed by atoms with Gasteiger partial charge in [-0.1, -0.05) is 17.7 Å². The topological polar surface area (TPSA) is 99.7 Å². The lowest BCUT2D eigenvalue weighted by atomic mass is 9.96. The number of hydrogen-bond acceptors (Lipinski definition) is 5. The number of rotatable bonds is 6. The summed E-state index contributed by atoms with van der Waals surface area (Å²) in [6.07, 6.45) is 2.46. The van der Waals surface area contributed by atoms with Crippen molar-refractivity contribution in [2.45, 2.75) is 38.5 Å². The molecule has 0 bridgehead atoms. The van der Waals surface area contributed by atoms with Crippen molar-refractivity contribution in [3.8, 4) is 0 Å². The first kappa shape index (κ1) is 23.9. The second-order valence-electron chi connectivity index (χ2n) is 8.41. The third kappa shape index (κ3) is 5.52. The van der Waals surface area contributed by atoms with Crippen LogP contribution in [0, 0.1) is 26.7 Å². The molecule has 172 valence electrons. The van der Waals surface area contributed by atoms with Gasteiger partial charge in [0.05, 0.1) is 11.4 Å². The van der Waals surface area contributed by atoms with Gasteiger partial charge in [0.25, 0.3) is 0 Å². The van der Waals surface area contributed by atoms with Crippen LogP contribution in [0.5, 0.6) is 0 Å². The summed E-state index contributed by atoms with van der Waals surface area (Å²) >= 11 is 0. The number of amides is 2. The van der Waals surface area contributed by atoms with Crippen molar-refractivity contribution in [1.29, 1.82) is 0 Å². The molecule has 0 unspecified atom stereocenters. The van der Waals surface area contributed by atoms with E-state index in [-0.39, 0.29) is 37.4 Å². The largest absolute Gasteiger partial charge is 0.336 e. The molecular weight excluding hydrogens is 428 g/mol. The van der Waals surface area contributed by atoms with Gasteiger partial charge in [-0.05, 0) is 62.9 Å². The normalized spacial score (nSPS) is 15.4. The Labute approximate surface area is 189 Å². The average Bonchev–Trinajstić information content (AvgIpc) is 2.73. The highest BCUT2D eigenvalue weighted by atomic mass is 32.2. The molecule has 2 heterocycles. The number of nitrogens with zero attached hydrogens (tertiary/aromatic N) is 3. The Morgan fingerprint density at radius 3 is 2.38 bits per heavy atom. The second-order valence-corrected chi connectivity index (χ2v) is 10.3. The van der Waals surface area contributed by atoms with Crippen LogP contribution in [-0.2, 0) is 19.6 Å². The van der Waals surface area contributed by atoms with E-state index in [1.807, 2.05) is 26.0 Å². The summed E-state index contributed by atoms with van der Waals surface area (Å²) in [6.45, 7) is 6.09. The van der Waals surface area contributed by atoms with Crippen molar-refractivity contribution < 1.29 is 18.0 Å². The molecule has 1 aliphatic heterocycles. The minimum Gasteiger partial charge on any atom is -0.336 e. The van der Waals surface area contributed by atoms with Gasteiger partial charge >= 0.3 is 0 Å². The molecule has 0 atom stereocenters. The van der Waals surface area contributed by atoms with E-state index in [9.17, 15) is 18.0 Å². The molecule has 0 spiro atoms. The number of aryl methyl sites for hydroxylation is 3. The molecule has 0 radical (unpaired) electrons. The molecule has 8 nitrogen and oxygen atoms in total. The molecule has 1 aromatic heterocycles. The van der Waals surface area contributed by atoms with Gasteiger partial charge in [0.15, 0.2) is 0 Å². The maximum Gasteiger partial charge on any atom is 0.245 e. The fraction of sp³-hybridized carbons (Fsp3) is 0.435. The summed E-state index contributed by atoms with van der Waals surface area (Å²) in [5.74, 6) is -0.342. The lowest BCUT2D eigenvalue weighted by Crippen LogP contribution is -2.45. The van der Waals surface area contributed by atoms with E-state index in [1.54, 1.807) is 38.4 Å². The number of piperidine rings is 1. The maximum absolute atomic E-state index is 13.0. The number of nitrogens with one attached hydrogen (secondary N) is 1. The van der Waals surface area contributed by atoms with Crippen molar-refractivity contribution in [2.24, 2.45) is 5.92 Å². The number of anilines is 1. The molecule has 0 saturated carbocycles. The minimum absolute atomic E-state index is 0.0878. The molecule has 1 N–H and O–H groups in total. The lowest BCUT2D eigenvalue weighted by molar-refractivity contribution is -0.138. The van der Waals surface area contributed by atoms with Crippen LogP contribution in [0.25, 0.3) is 0 Å². The summed E-state index contributed by atoms with van der Waals surface area (Å²) in [5.41, 5.74) is 2.70. The number of carbonyl (C=O) groups is 2. The molecular formula is C23H30N4O4S. The SMILES string of the molecule is Cc1ccnc(NC(=O)CN(C)C(=O)C2CCN(S(=O)(=O)c3ccc(C)cc3C)CC2)c1. The fourth-order valence-electron chi connectivity index (χ4n) is 3.96. The van der Waals surface area contributed by atoms with Gasteiger partial charge in [0.1, 0.15) is 5.82 Å². The molecule has 1 saturated heterocycles. The number of pyridine rings is 1. The van der Waals surface area contributed by atoms with Gasteiger partial charge in [-0.25, -0.2) is 13.4 Å². The predicted octanol–water partition coefficient (Wildman–Crippen LogP) is 2.50. The smallest absolute Gasteiger partial charge is 0.245 e. The number of aromatic nitrogens is 1. The van der Waals surface area contributed by atoms with Crippen LogP contribution >= 0.6 is 0 Å². The molecule has 1 aromatic carbocycles. The Hall–Kier alpha value is -2.78. The molecule has 1 aliphatic rings. The molecule has 0 aliphatic carbocycles. The van der Waals surface area contributed by atoms with E-state index in [2.05, 4.69) is 10.3 Å². The minimum atomic E-state index is -3.60. The number of benzene rings is 1. The fourth-order valence-corrected chi connectivity index (χ4v) is 5.64. The van der Waals surface area contributed by atoms with Gasteiger partial charge in [0, 0.05) is 32.3 Å². The van der Waals surface area contributed by atoms with Crippen molar-refractivity contribution >= 4 is 27.7 Å². The van der Waals surface area contributed by atoms with E-state index in [4.69, 9.17) is 0 Å². The molecule has 2 amide bonds. The zero-order valence-corrected chi connectivity index (χ0v) is 19.8. The summed E-state index contributed by atoms with van der Waals surface area (Å²) in [7, 11) is -2.01. The zero-order chi connectivity index (χ0) is 23.5. The Bertz CT molecular complexity index is 1110. The highest BCUT2D eigenvalue weighted by Crippen LogP contribution is 2.27. The van der Waals surface area contributed by atoms with E-state index in [0.717, 1.165) is 16.7 Å². The first-order valence-electron chi connectivity index (χ1n) is 10.6. The first-order chi connectivity index (χ1) is 15.1. The molecule has 3 rings (SSSR count). The Balaban J connectivity index is 1.56. The van der Waals surface area contributed by atoms with Gasteiger partial charge < -0.3 is 10.2 Å². The van der Waals surface area contributed by atoms with Crippen molar-refractivity contribution in [2.75, 3.05) is 32.0 Å². The van der Waals surface area contributed by atoms with Crippen LogP contribution in [0.15, 0.2) is 41.4 Å². The highest BCUT2D eigenvalue weighted by Gasteiger charge is 2.34. The third-order valence-electron chi connectivity index (χ3n) is 5.69. The van der Waals surface area contributed by atoms with Crippen LogP contribution < -0.4 is 5.32 Å². The van der Waals surface area contributed by atoms with E-state index < -0.39 is 10.0 Å². The Kier molecular flexibility index (Phi) is 7.30. The van der Waals surface area contributed by atoms with E-state index in [1.165, 1.54) is 9.21 Å². The van der Waals surface area contributed by atoms with Crippen LogP contribution in [0.2, 0.25) is 0 Å².